The van der Waals surface area contributed by atoms with Gasteiger partial charge in [-0.3, -0.25) is 4.79 Å². The van der Waals surface area contributed by atoms with Crippen molar-refractivity contribution >= 4 is 40.1 Å². The Balaban J connectivity index is 1.44. The van der Waals surface area contributed by atoms with Crippen LogP contribution >= 0.6 is 11.6 Å². The predicted octanol–water partition coefficient (Wildman–Crippen LogP) is 4.99. The van der Waals surface area contributed by atoms with Gasteiger partial charge in [0.25, 0.3) is 5.91 Å². The lowest BCUT2D eigenvalue weighted by atomic mass is 10.1. The fourth-order valence-corrected chi connectivity index (χ4v) is 3.67. The summed E-state index contributed by atoms with van der Waals surface area (Å²) >= 11 is 5.99. The number of amides is 1. The first-order valence-corrected chi connectivity index (χ1v) is 10.5. The highest BCUT2D eigenvalue weighted by molar-refractivity contribution is 6.30. The molecular weight excluding hydrogens is 458 g/mol. The van der Waals surface area contributed by atoms with Gasteiger partial charge in [-0.2, -0.15) is 0 Å². The molecule has 168 valence electrons. The lowest BCUT2D eigenvalue weighted by Crippen LogP contribution is -2.14. The fourth-order valence-electron chi connectivity index (χ4n) is 3.54. The van der Waals surface area contributed by atoms with Gasteiger partial charge in [0.05, 0.1) is 22.3 Å². The molecule has 0 aliphatic heterocycles. The highest BCUT2D eigenvalue weighted by Gasteiger charge is 2.19. The number of aromatic nitrogens is 4. The molecule has 0 saturated carbocycles. The zero-order valence-electron chi connectivity index (χ0n) is 17.7. The van der Waals surface area contributed by atoms with Crippen LogP contribution in [0.1, 0.15) is 26.5 Å². The zero-order chi connectivity index (χ0) is 23.8. The molecule has 10 heteroatoms. The number of anilines is 1. The van der Waals surface area contributed by atoms with Crippen molar-refractivity contribution in [1.82, 2.24) is 20.2 Å². The summed E-state index contributed by atoms with van der Waals surface area (Å²) in [5.41, 5.74) is 3.43. The fraction of sp³-hybridized carbons (Fsp3) is 0.0417. The van der Waals surface area contributed by atoms with Gasteiger partial charge in [-0.1, -0.05) is 22.0 Å². The zero-order valence-corrected chi connectivity index (χ0v) is 18.4. The van der Waals surface area contributed by atoms with Crippen molar-refractivity contribution in [2.75, 3.05) is 5.32 Å². The van der Waals surface area contributed by atoms with Crippen LogP contribution in [0.15, 0.2) is 71.3 Å². The first-order valence-electron chi connectivity index (χ1n) is 10.1. The molecule has 0 atom stereocenters. The van der Waals surface area contributed by atoms with E-state index in [1.54, 1.807) is 29.8 Å². The molecule has 0 bridgehead atoms. The van der Waals surface area contributed by atoms with E-state index in [2.05, 4.69) is 20.8 Å². The average molecular weight is 474 g/mol. The van der Waals surface area contributed by atoms with Crippen LogP contribution in [-0.4, -0.2) is 37.1 Å². The largest absolute Gasteiger partial charge is 0.478 e. The molecule has 9 nitrogen and oxygen atoms in total. The Morgan fingerprint density at radius 3 is 2.47 bits per heavy atom. The second kappa shape index (κ2) is 8.45. The van der Waals surface area contributed by atoms with Crippen molar-refractivity contribution in [3.05, 3.63) is 88.7 Å². The number of nitrogens with one attached hydrogen (secondary N) is 1. The SMILES string of the molecule is Cc1c(C(=O)Nc2ccc(C(=O)O)cc2)nnn1-c1ccc2noc(-c3ccc(Cl)cc3)c2c1. The first kappa shape index (κ1) is 21.4. The maximum absolute atomic E-state index is 12.8. The number of carbonyl (C=O) groups excluding carboxylic acids is 1. The Kier molecular flexibility index (Phi) is 5.31. The second-order valence-corrected chi connectivity index (χ2v) is 7.93. The Hall–Kier alpha value is -4.50. The maximum atomic E-state index is 12.8. The molecule has 1 amide bonds. The Labute approximate surface area is 197 Å². The number of carbonyl (C=O) groups is 2. The molecule has 34 heavy (non-hydrogen) atoms. The van der Waals surface area contributed by atoms with Gasteiger partial charge in [0, 0.05) is 16.3 Å². The molecule has 2 heterocycles. The number of fused-ring (bicyclic) bond motifs is 1. The summed E-state index contributed by atoms with van der Waals surface area (Å²) in [7, 11) is 0. The number of aromatic carboxylic acids is 1. The summed E-state index contributed by atoms with van der Waals surface area (Å²) in [6, 6.07) is 18.6. The number of nitrogens with zero attached hydrogens (tertiary/aromatic N) is 4. The van der Waals surface area contributed by atoms with E-state index in [1.807, 2.05) is 24.3 Å². The van der Waals surface area contributed by atoms with E-state index < -0.39 is 11.9 Å². The van der Waals surface area contributed by atoms with Gasteiger partial charge in [0.1, 0.15) is 5.52 Å². The van der Waals surface area contributed by atoms with Crippen LogP contribution in [0.3, 0.4) is 0 Å². The molecule has 0 saturated heterocycles. The van der Waals surface area contributed by atoms with Gasteiger partial charge < -0.3 is 14.9 Å². The monoisotopic (exact) mass is 473 g/mol. The third-order valence-electron chi connectivity index (χ3n) is 5.31. The van der Waals surface area contributed by atoms with E-state index in [0.717, 1.165) is 10.9 Å². The van der Waals surface area contributed by atoms with Gasteiger partial charge in [-0.15, -0.1) is 5.10 Å². The van der Waals surface area contributed by atoms with Gasteiger partial charge in [-0.05, 0) is 73.7 Å². The molecule has 0 aliphatic carbocycles. The second-order valence-electron chi connectivity index (χ2n) is 7.49. The van der Waals surface area contributed by atoms with Crippen molar-refractivity contribution in [1.29, 1.82) is 0 Å². The normalized spacial score (nSPS) is 11.0. The first-order chi connectivity index (χ1) is 16.4. The molecule has 0 spiro atoms. The van der Waals surface area contributed by atoms with Crippen molar-refractivity contribution in [3.8, 4) is 17.0 Å². The Bertz CT molecular complexity index is 1540. The number of benzene rings is 3. The standard InChI is InChI=1S/C24H16ClN5O4/c1-13-21(23(31)26-17-8-4-15(5-9-17)24(32)33)27-29-30(13)18-10-11-20-19(12-18)22(34-28-20)14-2-6-16(25)7-3-14/h2-12H,1H3,(H,26,31)(H,32,33). The molecule has 3 aromatic carbocycles. The summed E-state index contributed by atoms with van der Waals surface area (Å²) < 4.78 is 7.11. The van der Waals surface area contributed by atoms with Gasteiger partial charge in [0.15, 0.2) is 11.5 Å². The molecular formula is C24H16ClN5O4. The topological polar surface area (TPSA) is 123 Å². The molecule has 0 unspecified atom stereocenters. The smallest absolute Gasteiger partial charge is 0.335 e. The van der Waals surface area contributed by atoms with Gasteiger partial charge in [0.2, 0.25) is 0 Å². The van der Waals surface area contributed by atoms with Crippen LogP contribution in [0.2, 0.25) is 5.02 Å². The number of rotatable bonds is 5. The minimum absolute atomic E-state index is 0.127. The quantitative estimate of drug-likeness (QED) is 0.368. The third-order valence-corrected chi connectivity index (χ3v) is 5.56. The van der Waals surface area contributed by atoms with Crippen molar-refractivity contribution in [2.45, 2.75) is 6.92 Å². The number of carboxylic acid groups (broad SMARTS) is 1. The summed E-state index contributed by atoms with van der Waals surface area (Å²) in [5, 5.41) is 25.4. The van der Waals surface area contributed by atoms with Crippen molar-refractivity contribution in [3.63, 3.8) is 0 Å². The van der Waals surface area contributed by atoms with Crippen LogP contribution in [0, 0.1) is 6.92 Å². The summed E-state index contributed by atoms with van der Waals surface area (Å²) in [5.74, 6) is -0.908. The molecule has 5 aromatic rings. The third kappa shape index (κ3) is 3.89. The molecule has 0 fully saturated rings. The summed E-state index contributed by atoms with van der Waals surface area (Å²) in [6.07, 6.45) is 0. The highest BCUT2D eigenvalue weighted by atomic mass is 35.5. The van der Waals surface area contributed by atoms with Crippen LogP contribution < -0.4 is 5.32 Å². The Morgan fingerprint density at radius 1 is 1.03 bits per heavy atom. The van der Waals surface area contributed by atoms with E-state index in [-0.39, 0.29) is 11.3 Å². The predicted molar refractivity (Wildman–Crippen MR) is 125 cm³/mol. The van der Waals surface area contributed by atoms with E-state index in [4.69, 9.17) is 21.2 Å². The van der Waals surface area contributed by atoms with Crippen LogP contribution in [0.4, 0.5) is 5.69 Å². The van der Waals surface area contributed by atoms with Gasteiger partial charge in [-0.25, -0.2) is 9.48 Å². The average Bonchev–Trinajstić information content (AvgIpc) is 3.43. The summed E-state index contributed by atoms with van der Waals surface area (Å²) in [4.78, 5) is 23.8. The van der Waals surface area contributed by atoms with E-state index in [0.29, 0.717) is 33.4 Å². The van der Waals surface area contributed by atoms with E-state index >= 15 is 0 Å². The minimum Gasteiger partial charge on any atom is -0.478 e. The van der Waals surface area contributed by atoms with E-state index in [9.17, 15) is 9.59 Å². The lowest BCUT2D eigenvalue weighted by molar-refractivity contribution is 0.0696. The van der Waals surface area contributed by atoms with Crippen molar-refractivity contribution in [2.24, 2.45) is 0 Å². The van der Waals surface area contributed by atoms with Gasteiger partial charge >= 0.3 is 5.97 Å². The molecule has 2 N–H and O–H groups in total. The molecule has 2 aromatic heterocycles. The maximum Gasteiger partial charge on any atom is 0.335 e. The molecule has 5 rings (SSSR count). The van der Waals surface area contributed by atoms with E-state index in [1.165, 1.54) is 24.3 Å². The van der Waals surface area contributed by atoms with Crippen molar-refractivity contribution < 1.29 is 19.2 Å². The number of carboxylic acids is 1. The molecule has 0 aliphatic rings. The number of hydrogen-bond donors (Lipinski definition) is 2. The Morgan fingerprint density at radius 2 is 1.76 bits per heavy atom. The van der Waals surface area contributed by atoms with Crippen LogP contribution in [-0.2, 0) is 0 Å². The number of hydrogen-bond acceptors (Lipinski definition) is 6. The minimum atomic E-state index is -1.04. The van der Waals surface area contributed by atoms with Crippen LogP contribution in [0.5, 0.6) is 0 Å². The molecule has 0 radical (unpaired) electrons. The summed E-state index contributed by atoms with van der Waals surface area (Å²) in [6.45, 7) is 1.74. The number of halogens is 1. The van der Waals surface area contributed by atoms with Crippen LogP contribution in [0.25, 0.3) is 27.9 Å². The lowest BCUT2D eigenvalue weighted by Gasteiger charge is -2.06. The highest BCUT2D eigenvalue weighted by Crippen LogP contribution is 2.31.